The molecule has 0 radical (unpaired) electrons. The lowest BCUT2D eigenvalue weighted by Crippen LogP contribution is -2.31. The summed E-state index contributed by atoms with van der Waals surface area (Å²) in [6.45, 7) is 7.48. The Bertz CT molecular complexity index is 485. The van der Waals surface area contributed by atoms with Crippen LogP contribution in [0.5, 0.6) is 0 Å². The highest BCUT2D eigenvalue weighted by atomic mass is 32.1. The smallest absolute Gasteiger partial charge is 0.106 e. The molecular formula is C13H16N2OS. The second-order valence-electron chi connectivity index (χ2n) is 4.80. The molecule has 1 aromatic heterocycles. The van der Waals surface area contributed by atoms with Crippen molar-refractivity contribution in [3.05, 3.63) is 27.5 Å². The van der Waals surface area contributed by atoms with Crippen molar-refractivity contribution in [1.29, 1.82) is 0 Å². The number of carbonyl (C=O) groups is 1. The van der Waals surface area contributed by atoms with Crippen molar-refractivity contribution >= 4 is 30.2 Å². The van der Waals surface area contributed by atoms with Gasteiger partial charge in [0.1, 0.15) is 6.79 Å². The molecule has 17 heavy (non-hydrogen) atoms. The highest BCUT2D eigenvalue weighted by Crippen LogP contribution is 2.44. The van der Waals surface area contributed by atoms with Crippen molar-refractivity contribution in [2.45, 2.75) is 20.3 Å². The van der Waals surface area contributed by atoms with Gasteiger partial charge in [-0.2, -0.15) is 0 Å². The zero-order valence-corrected chi connectivity index (χ0v) is 10.9. The molecule has 0 unspecified atom stereocenters. The van der Waals surface area contributed by atoms with Crippen LogP contribution >= 0.6 is 11.3 Å². The van der Waals surface area contributed by atoms with Crippen molar-refractivity contribution < 1.29 is 4.79 Å². The van der Waals surface area contributed by atoms with Gasteiger partial charge < -0.3 is 10.1 Å². The molecule has 0 saturated carbocycles. The van der Waals surface area contributed by atoms with Crippen LogP contribution in [0.25, 0.3) is 5.70 Å². The standard InChI is InChI=1S/C12H14N2S.CH2O/c1-12(2)5-8-3-4-15-11(8)10-9(12)6-13-7-14-10;1-2/h3-4,7H,5-6H2,1-2H3,(H,13,14);1H2. The van der Waals surface area contributed by atoms with Gasteiger partial charge in [0.05, 0.1) is 23.5 Å². The van der Waals surface area contributed by atoms with Crippen molar-refractivity contribution in [2.75, 3.05) is 6.54 Å². The molecule has 3 nitrogen and oxygen atoms in total. The molecule has 90 valence electrons. The van der Waals surface area contributed by atoms with Crippen LogP contribution in [0.15, 0.2) is 22.0 Å². The SMILES string of the molecule is C=O.CC1(C)Cc2ccsc2C2=C1CN=CN2. The maximum atomic E-state index is 8.00. The molecule has 0 fully saturated rings. The fourth-order valence-corrected chi connectivity index (χ4v) is 3.41. The first-order chi connectivity index (χ1) is 8.18. The molecule has 4 heteroatoms. The summed E-state index contributed by atoms with van der Waals surface area (Å²) in [5.74, 6) is 0. The van der Waals surface area contributed by atoms with E-state index in [1.54, 1.807) is 0 Å². The van der Waals surface area contributed by atoms with Crippen LogP contribution in [0.1, 0.15) is 24.3 Å². The zero-order chi connectivity index (χ0) is 12.5. The first-order valence-electron chi connectivity index (χ1n) is 5.52. The average Bonchev–Trinajstić information content (AvgIpc) is 2.79. The molecule has 0 spiro atoms. The minimum atomic E-state index is 0.244. The van der Waals surface area contributed by atoms with Gasteiger partial charge in [-0.15, -0.1) is 11.3 Å². The Morgan fingerprint density at radius 2 is 2.24 bits per heavy atom. The lowest BCUT2D eigenvalue weighted by atomic mass is 9.73. The molecule has 0 saturated heterocycles. The molecule has 1 aliphatic heterocycles. The molecule has 2 aliphatic rings. The lowest BCUT2D eigenvalue weighted by Gasteiger charge is -2.35. The highest BCUT2D eigenvalue weighted by Gasteiger charge is 2.34. The van der Waals surface area contributed by atoms with Crippen LogP contribution in [0, 0.1) is 5.41 Å². The first kappa shape index (κ1) is 12.0. The average molecular weight is 248 g/mol. The Hall–Kier alpha value is -1.42. The van der Waals surface area contributed by atoms with Gasteiger partial charge in [0.2, 0.25) is 0 Å². The second-order valence-corrected chi connectivity index (χ2v) is 5.72. The lowest BCUT2D eigenvalue weighted by molar-refractivity contribution is -0.0979. The number of thiophene rings is 1. The largest absolute Gasteiger partial charge is 0.346 e. The highest BCUT2D eigenvalue weighted by molar-refractivity contribution is 7.11. The molecule has 2 heterocycles. The Kier molecular flexibility index (Phi) is 3.15. The van der Waals surface area contributed by atoms with E-state index in [4.69, 9.17) is 4.79 Å². The number of fused-ring (bicyclic) bond motifs is 2. The fraction of sp³-hybridized carbons (Fsp3) is 0.385. The first-order valence-corrected chi connectivity index (χ1v) is 6.40. The number of nitrogens with one attached hydrogen (secondary N) is 1. The minimum Gasteiger partial charge on any atom is -0.346 e. The van der Waals surface area contributed by atoms with E-state index in [2.05, 4.69) is 35.6 Å². The normalized spacial score (nSPS) is 19.6. The van der Waals surface area contributed by atoms with E-state index in [0.29, 0.717) is 0 Å². The van der Waals surface area contributed by atoms with E-state index in [9.17, 15) is 0 Å². The monoisotopic (exact) mass is 248 g/mol. The molecule has 3 rings (SSSR count). The molecule has 0 bridgehead atoms. The van der Waals surface area contributed by atoms with Crippen LogP contribution in [0.3, 0.4) is 0 Å². The third-order valence-corrected chi connectivity index (χ3v) is 4.25. The van der Waals surface area contributed by atoms with Crippen molar-refractivity contribution in [3.63, 3.8) is 0 Å². The van der Waals surface area contributed by atoms with E-state index in [0.717, 1.165) is 13.0 Å². The molecule has 1 N–H and O–H groups in total. The maximum absolute atomic E-state index is 8.00. The summed E-state index contributed by atoms with van der Waals surface area (Å²) >= 11 is 1.83. The van der Waals surface area contributed by atoms with Gasteiger partial charge in [0, 0.05) is 0 Å². The topological polar surface area (TPSA) is 41.5 Å². The molecule has 0 aromatic carbocycles. The predicted octanol–water partition coefficient (Wildman–Crippen LogP) is 2.49. The van der Waals surface area contributed by atoms with Gasteiger partial charge in [-0.3, -0.25) is 4.99 Å². The molecular weight excluding hydrogens is 232 g/mol. The maximum Gasteiger partial charge on any atom is 0.106 e. The third kappa shape index (κ3) is 1.93. The fourth-order valence-electron chi connectivity index (χ4n) is 2.45. The zero-order valence-electron chi connectivity index (χ0n) is 10.1. The van der Waals surface area contributed by atoms with Crippen molar-refractivity contribution in [1.82, 2.24) is 5.32 Å². The summed E-state index contributed by atoms with van der Waals surface area (Å²) in [7, 11) is 0. The van der Waals surface area contributed by atoms with Crippen LogP contribution in [-0.2, 0) is 11.2 Å². The number of nitrogens with zero attached hydrogens (tertiary/aromatic N) is 1. The summed E-state index contributed by atoms with van der Waals surface area (Å²) in [5.41, 5.74) is 4.49. The van der Waals surface area contributed by atoms with Crippen LogP contribution < -0.4 is 5.32 Å². The van der Waals surface area contributed by atoms with Crippen LogP contribution in [0.4, 0.5) is 0 Å². The number of carbonyl (C=O) groups excluding carboxylic acids is 1. The summed E-state index contributed by atoms with van der Waals surface area (Å²) in [6.07, 6.45) is 2.96. The van der Waals surface area contributed by atoms with Crippen LogP contribution in [-0.4, -0.2) is 19.7 Å². The van der Waals surface area contributed by atoms with Gasteiger partial charge in [0.15, 0.2) is 0 Å². The van der Waals surface area contributed by atoms with E-state index >= 15 is 0 Å². The molecule has 1 aromatic rings. The van der Waals surface area contributed by atoms with Gasteiger partial charge in [-0.1, -0.05) is 13.8 Å². The Morgan fingerprint density at radius 1 is 1.47 bits per heavy atom. The second kappa shape index (κ2) is 4.45. The van der Waals surface area contributed by atoms with Gasteiger partial charge >= 0.3 is 0 Å². The molecule has 0 atom stereocenters. The minimum absolute atomic E-state index is 0.244. The number of aliphatic imine (C=N–C) groups is 1. The van der Waals surface area contributed by atoms with Crippen LogP contribution in [0.2, 0.25) is 0 Å². The summed E-state index contributed by atoms with van der Waals surface area (Å²) < 4.78 is 0. The number of rotatable bonds is 0. The van der Waals surface area contributed by atoms with Gasteiger partial charge in [0.25, 0.3) is 0 Å². The quantitative estimate of drug-likeness (QED) is 0.766. The summed E-state index contributed by atoms with van der Waals surface area (Å²) in [6, 6.07) is 2.25. The van der Waals surface area contributed by atoms with Crippen molar-refractivity contribution in [2.24, 2.45) is 10.4 Å². The summed E-state index contributed by atoms with van der Waals surface area (Å²) in [4.78, 5) is 13.7. The van der Waals surface area contributed by atoms with E-state index in [1.165, 1.54) is 21.7 Å². The van der Waals surface area contributed by atoms with Gasteiger partial charge in [-0.05, 0) is 34.4 Å². The predicted molar refractivity (Wildman–Crippen MR) is 72.3 cm³/mol. The molecule has 1 aliphatic carbocycles. The van der Waals surface area contributed by atoms with Crippen molar-refractivity contribution in [3.8, 4) is 0 Å². The van der Waals surface area contributed by atoms with E-state index in [1.807, 2.05) is 24.5 Å². The van der Waals surface area contributed by atoms with E-state index < -0.39 is 0 Å². The third-order valence-electron chi connectivity index (χ3n) is 3.27. The molecule has 0 amide bonds. The number of hydrogen-bond donors (Lipinski definition) is 1. The summed E-state index contributed by atoms with van der Waals surface area (Å²) in [5, 5.41) is 5.50. The Balaban J connectivity index is 0.000000514. The van der Waals surface area contributed by atoms with E-state index in [-0.39, 0.29) is 5.41 Å². The number of hydrogen-bond acceptors (Lipinski definition) is 4. The van der Waals surface area contributed by atoms with Gasteiger partial charge in [-0.25, -0.2) is 0 Å². The Labute approximate surface area is 105 Å². The Morgan fingerprint density at radius 3 is 3.00 bits per heavy atom.